The van der Waals surface area contributed by atoms with Crippen molar-refractivity contribution in [2.24, 2.45) is 0 Å². The third-order valence-corrected chi connectivity index (χ3v) is 2.78. The molecule has 0 amide bonds. The van der Waals surface area contributed by atoms with E-state index >= 15 is 0 Å². The van der Waals surface area contributed by atoms with Crippen LogP contribution in [0.15, 0.2) is 12.3 Å². The second kappa shape index (κ2) is 2.77. The van der Waals surface area contributed by atoms with E-state index < -0.39 is 0 Å². The number of ether oxygens (including phenoxy) is 2. The average Bonchev–Trinajstić information content (AvgIpc) is 2.29. The highest BCUT2D eigenvalue weighted by molar-refractivity contribution is 5.00. The molecule has 2 nitrogen and oxygen atoms in total. The molecule has 1 aliphatic heterocycles. The molecule has 1 aliphatic carbocycles. The Hall–Kier alpha value is -0.500. The summed E-state index contributed by atoms with van der Waals surface area (Å²) in [6.07, 6.45) is 5.92. The van der Waals surface area contributed by atoms with Gasteiger partial charge in [-0.15, -0.1) is 0 Å². The third kappa shape index (κ3) is 1.24. The van der Waals surface area contributed by atoms with Crippen molar-refractivity contribution >= 4 is 0 Å². The van der Waals surface area contributed by atoms with Crippen LogP contribution in [0.1, 0.15) is 39.0 Å². The minimum atomic E-state index is -0.283. The minimum absolute atomic E-state index is 0.0862. The van der Waals surface area contributed by atoms with Crippen molar-refractivity contribution < 1.29 is 9.47 Å². The van der Waals surface area contributed by atoms with E-state index in [1.165, 1.54) is 19.3 Å². The van der Waals surface area contributed by atoms with E-state index in [0.717, 1.165) is 18.6 Å². The smallest absolute Gasteiger partial charge is 0.210 e. The van der Waals surface area contributed by atoms with Crippen molar-refractivity contribution in [3.63, 3.8) is 0 Å². The van der Waals surface area contributed by atoms with Crippen LogP contribution in [0, 0.1) is 0 Å². The number of hydrogen-bond donors (Lipinski definition) is 0. The third-order valence-electron chi connectivity index (χ3n) is 2.78. The topological polar surface area (TPSA) is 18.5 Å². The minimum Gasteiger partial charge on any atom is -0.465 e. The Morgan fingerprint density at radius 1 is 1.33 bits per heavy atom. The molecule has 2 fully saturated rings. The van der Waals surface area contributed by atoms with Gasteiger partial charge in [-0.25, -0.2) is 0 Å². The molecule has 1 saturated carbocycles. The van der Waals surface area contributed by atoms with E-state index in [2.05, 4.69) is 6.58 Å². The van der Waals surface area contributed by atoms with Crippen molar-refractivity contribution in [2.75, 3.05) is 0 Å². The fourth-order valence-electron chi connectivity index (χ4n) is 2.04. The lowest BCUT2D eigenvalue weighted by atomic mass is 9.94. The summed E-state index contributed by atoms with van der Waals surface area (Å²) in [4.78, 5) is 0. The highest BCUT2D eigenvalue weighted by atomic mass is 16.7. The first-order valence-corrected chi connectivity index (χ1v) is 4.77. The van der Waals surface area contributed by atoms with Gasteiger partial charge in [-0.3, -0.25) is 0 Å². The Kier molecular flexibility index (Phi) is 1.87. The molecular weight excluding hydrogens is 152 g/mol. The maximum Gasteiger partial charge on any atom is 0.210 e. The lowest BCUT2D eigenvalue weighted by Crippen LogP contribution is -2.32. The molecule has 0 radical (unpaired) electrons. The maximum atomic E-state index is 5.78. The normalized spacial score (nSPS) is 33.8. The van der Waals surface area contributed by atoms with Crippen LogP contribution in [0.3, 0.4) is 0 Å². The summed E-state index contributed by atoms with van der Waals surface area (Å²) < 4.78 is 11.5. The summed E-state index contributed by atoms with van der Waals surface area (Å²) in [7, 11) is 0. The van der Waals surface area contributed by atoms with Crippen LogP contribution >= 0.6 is 0 Å². The van der Waals surface area contributed by atoms with E-state index in [0.29, 0.717) is 0 Å². The Balaban J connectivity index is 2.07. The Labute approximate surface area is 73.5 Å². The van der Waals surface area contributed by atoms with Crippen molar-refractivity contribution in [3.8, 4) is 0 Å². The Morgan fingerprint density at radius 2 is 2.00 bits per heavy atom. The van der Waals surface area contributed by atoms with Gasteiger partial charge in [0, 0.05) is 12.8 Å². The van der Waals surface area contributed by atoms with E-state index in [9.17, 15) is 0 Å². The van der Waals surface area contributed by atoms with Crippen molar-refractivity contribution in [1.82, 2.24) is 0 Å². The van der Waals surface area contributed by atoms with Gasteiger partial charge in [0.15, 0.2) is 0 Å². The second-order valence-corrected chi connectivity index (χ2v) is 3.80. The molecule has 1 spiro atoms. The molecule has 0 aromatic heterocycles. The first-order chi connectivity index (χ1) is 5.72. The van der Waals surface area contributed by atoms with Crippen molar-refractivity contribution in [2.45, 2.75) is 50.9 Å². The van der Waals surface area contributed by atoms with Gasteiger partial charge in [-0.1, -0.05) is 13.0 Å². The molecule has 0 aromatic carbocycles. The first kappa shape index (κ1) is 8.11. The molecule has 2 aliphatic rings. The largest absolute Gasteiger partial charge is 0.465 e. The van der Waals surface area contributed by atoms with Crippen molar-refractivity contribution in [1.29, 1.82) is 0 Å². The van der Waals surface area contributed by atoms with Crippen molar-refractivity contribution in [3.05, 3.63) is 12.3 Å². The monoisotopic (exact) mass is 168 g/mol. The van der Waals surface area contributed by atoms with E-state index in [-0.39, 0.29) is 11.9 Å². The molecule has 0 bridgehead atoms. The predicted octanol–water partition coefficient (Wildman–Crippen LogP) is 2.60. The van der Waals surface area contributed by atoms with Gasteiger partial charge >= 0.3 is 0 Å². The number of rotatable bonds is 0. The summed E-state index contributed by atoms with van der Waals surface area (Å²) in [5.41, 5.74) is 0. The van der Waals surface area contributed by atoms with Crippen LogP contribution in [0.25, 0.3) is 0 Å². The van der Waals surface area contributed by atoms with Gasteiger partial charge in [0.1, 0.15) is 11.9 Å². The van der Waals surface area contributed by atoms with Gasteiger partial charge in [-0.05, 0) is 19.8 Å². The lowest BCUT2D eigenvalue weighted by molar-refractivity contribution is -0.179. The molecule has 0 N–H and O–H groups in total. The SMILES string of the molecule is C=C1OC2(CCCCC2)O[C@@H]1C. The summed E-state index contributed by atoms with van der Waals surface area (Å²) in [5, 5.41) is 0. The standard InChI is InChI=1S/C10H16O2/c1-8-9(2)12-10(11-8)6-4-3-5-7-10/h9H,1,3-7H2,2H3/t9-/m1/s1. The fourth-order valence-corrected chi connectivity index (χ4v) is 2.04. The van der Waals surface area contributed by atoms with Crippen LogP contribution < -0.4 is 0 Å². The highest BCUT2D eigenvalue weighted by Crippen LogP contribution is 2.41. The van der Waals surface area contributed by atoms with Gasteiger partial charge in [-0.2, -0.15) is 0 Å². The summed E-state index contributed by atoms with van der Waals surface area (Å²) >= 11 is 0. The lowest BCUT2D eigenvalue weighted by Gasteiger charge is -2.31. The van der Waals surface area contributed by atoms with Crippen LogP contribution in [-0.2, 0) is 9.47 Å². The Bertz CT molecular complexity index is 192. The van der Waals surface area contributed by atoms with Crippen LogP contribution in [-0.4, -0.2) is 11.9 Å². The quantitative estimate of drug-likeness (QED) is 0.553. The van der Waals surface area contributed by atoms with Crippen LogP contribution in [0.2, 0.25) is 0 Å². The molecule has 12 heavy (non-hydrogen) atoms. The first-order valence-electron chi connectivity index (χ1n) is 4.77. The van der Waals surface area contributed by atoms with E-state index in [1.807, 2.05) is 6.92 Å². The maximum absolute atomic E-state index is 5.78. The molecule has 0 aromatic rings. The highest BCUT2D eigenvalue weighted by Gasteiger charge is 2.43. The Morgan fingerprint density at radius 3 is 2.50 bits per heavy atom. The zero-order valence-corrected chi connectivity index (χ0v) is 7.64. The molecule has 2 rings (SSSR count). The van der Waals surface area contributed by atoms with Gasteiger partial charge in [0.2, 0.25) is 5.79 Å². The number of hydrogen-bond acceptors (Lipinski definition) is 2. The summed E-state index contributed by atoms with van der Waals surface area (Å²) in [6.45, 7) is 5.84. The van der Waals surface area contributed by atoms with Gasteiger partial charge in [0.05, 0.1) is 0 Å². The average molecular weight is 168 g/mol. The zero-order chi connectivity index (χ0) is 8.60. The molecule has 0 unspecified atom stereocenters. The molecule has 1 saturated heterocycles. The molecule has 1 heterocycles. The van der Waals surface area contributed by atoms with E-state index in [1.54, 1.807) is 0 Å². The second-order valence-electron chi connectivity index (χ2n) is 3.80. The van der Waals surface area contributed by atoms with Gasteiger partial charge < -0.3 is 9.47 Å². The molecule has 68 valence electrons. The fraction of sp³-hybridized carbons (Fsp3) is 0.800. The molecule has 2 heteroatoms. The van der Waals surface area contributed by atoms with Crippen LogP contribution in [0.4, 0.5) is 0 Å². The predicted molar refractivity (Wildman–Crippen MR) is 46.6 cm³/mol. The van der Waals surface area contributed by atoms with Gasteiger partial charge in [0.25, 0.3) is 0 Å². The zero-order valence-electron chi connectivity index (χ0n) is 7.64. The molecule has 1 atom stereocenters. The summed E-state index contributed by atoms with van der Waals surface area (Å²) in [5.74, 6) is 0.520. The van der Waals surface area contributed by atoms with E-state index in [4.69, 9.17) is 9.47 Å². The van der Waals surface area contributed by atoms with Crippen LogP contribution in [0.5, 0.6) is 0 Å². The molecular formula is C10H16O2. The summed E-state index contributed by atoms with van der Waals surface area (Å²) in [6, 6.07) is 0.